The maximum atomic E-state index is 7.03. The number of fused-ring (bicyclic) bond motifs is 14. The Morgan fingerprint density at radius 2 is 1.06 bits per heavy atom. The molecule has 5 heterocycles. The summed E-state index contributed by atoms with van der Waals surface area (Å²) in [5.41, 5.74) is 24.9. The molecule has 2 atom stereocenters. The number of furan rings is 1. The van der Waals surface area contributed by atoms with E-state index in [2.05, 4.69) is 268 Å². The van der Waals surface area contributed by atoms with Gasteiger partial charge in [-0.2, -0.15) is 0 Å². The van der Waals surface area contributed by atoms with Gasteiger partial charge < -0.3 is 19.1 Å². The van der Waals surface area contributed by atoms with Crippen LogP contribution < -0.4 is 31.1 Å². The molecule has 2 unspecified atom stereocenters. The Balaban J connectivity index is 1.10. The van der Waals surface area contributed by atoms with Gasteiger partial charge in [-0.25, -0.2) is 0 Å². The molecule has 0 N–H and O–H groups in total. The summed E-state index contributed by atoms with van der Waals surface area (Å²) in [5, 5.41) is 4.89. The van der Waals surface area contributed by atoms with E-state index in [1.165, 1.54) is 134 Å². The number of hydrogen-bond acceptors (Lipinski definition) is 5. The number of benzene rings is 9. The minimum absolute atomic E-state index is 0.0119. The molecule has 0 spiro atoms. The number of anilines is 8. The number of hydrogen-bond donors (Lipinski definition) is 0. The van der Waals surface area contributed by atoms with Crippen molar-refractivity contribution in [1.82, 2.24) is 0 Å². The molecule has 1 saturated carbocycles. The highest BCUT2D eigenvalue weighted by molar-refractivity contribution is 7.26. The van der Waals surface area contributed by atoms with E-state index in [-0.39, 0.29) is 39.3 Å². The molecule has 0 saturated heterocycles. The minimum Gasteiger partial charge on any atom is -0.456 e. The fourth-order valence-electron chi connectivity index (χ4n) is 16.5. The molecule has 418 valence electrons. The SMILES string of the molecule is CC(C)(C)c1ccc(N2c3cc4c(cc3B3c5cc6c(cc5N(c5cccc7c5sc5ccccc57)c5cc(N7c8ccc(C(C)(C)C)cc8C8(C)CCCCC78C)cc2c53)C(C)(C)CCC6(C)C)oc2ccccc24)c(-c2ccccc2)c1. The molecule has 9 aromatic carbocycles. The van der Waals surface area contributed by atoms with Crippen LogP contribution in [0.25, 0.3) is 53.2 Å². The summed E-state index contributed by atoms with van der Waals surface area (Å²) in [6.07, 6.45) is 6.95. The predicted octanol–water partition coefficient (Wildman–Crippen LogP) is 20.4. The predicted molar refractivity (Wildman–Crippen MR) is 362 cm³/mol. The van der Waals surface area contributed by atoms with Crippen LogP contribution in [0.3, 0.4) is 0 Å². The summed E-state index contributed by atoms with van der Waals surface area (Å²) in [7, 11) is 0. The molecule has 84 heavy (non-hydrogen) atoms. The second kappa shape index (κ2) is 17.5. The van der Waals surface area contributed by atoms with Gasteiger partial charge in [0.1, 0.15) is 11.2 Å². The molecule has 5 aliphatic rings. The van der Waals surface area contributed by atoms with Crippen LogP contribution in [-0.2, 0) is 27.1 Å². The van der Waals surface area contributed by atoms with Crippen molar-refractivity contribution in [2.45, 2.75) is 154 Å². The number of thiophene rings is 1. The first kappa shape index (κ1) is 52.1. The molecule has 16 rings (SSSR count). The van der Waals surface area contributed by atoms with Crippen molar-refractivity contribution in [3.05, 3.63) is 198 Å². The average Bonchev–Trinajstić information content (AvgIpc) is 1.13. The van der Waals surface area contributed by atoms with Crippen LogP contribution in [0.4, 0.5) is 45.5 Å². The first-order valence-corrected chi connectivity index (χ1v) is 31.9. The van der Waals surface area contributed by atoms with E-state index in [1.807, 2.05) is 11.3 Å². The second-order valence-electron chi connectivity index (χ2n) is 29.5. The van der Waals surface area contributed by atoms with Gasteiger partial charge in [-0.05, 0) is 171 Å². The van der Waals surface area contributed by atoms with E-state index in [9.17, 15) is 0 Å². The third-order valence-corrected chi connectivity index (χ3v) is 22.8. The third kappa shape index (κ3) is 7.25. The van der Waals surface area contributed by atoms with Crippen molar-refractivity contribution in [3.63, 3.8) is 0 Å². The van der Waals surface area contributed by atoms with Crippen LogP contribution in [0.5, 0.6) is 0 Å². The highest BCUT2D eigenvalue weighted by Crippen LogP contribution is 2.63. The molecule has 0 radical (unpaired) electrons. The minimum atomic E-state index is -0.204. The monoisotopic (exact) mass is 1110 g/mol. The molecule has 2 aliphatic carbocycles. The first-order chi connectivity index (χ1) is 40.1. The smallest absolute Gasteiger partial charge is 0.252 e. The van der Waals surface area contributed by atoms with Crippen LogP contribution in [0.1, 0.15) is 149 Å². The van der Waals surface area contributed by atoms with Crippen LogP contribution in [0, 0.1) is 0 Å². The maximum Gasteiger partial charge on any atom is 0.252 e. The van der Waals surface area contributed by atoms with E-state index < -0.39 is 0 Å². The second-order valence-corrected chi connectivity index (χ2v) is 30.5. The van der Waals surface area contributed by atoms with Gasteiger partial charge in [0, 0.05) is 71.3 Å². The zero-order chi connectivity index (χ0) is 57.8. The Morgan fingerprint density at radius 1 is 0.452 bits per heavy atom. The Kier molecular flexibility index (Phi) is 10.9. The topological polar surface area (TPSA) is 22.9 Å². The van der Waals surface area contributed by atoms with Crippen molar-refractivity contribution in [3.8, 4) is 11.1 Å². The van der Waals surface area contributed by atoms with Gasteiger partial charge in [-0.1, -0.05) is 192 Å². The van der Waals surface area contributed by atoms with Gasteiger partial charge in [0.05, 0.1) is 21.6 Å². The molecule has 1 fully saturated rings. The highest BCUT2D eigenvalue weighted by Gasteiger charge is 2.58. The average molecular weight is 1110 g/mol. The quantitative estimate of drug-likeness (QED) is 0.164. The van der Waals surface area contributed by atoms with Crippen molar-refractivity contribution >= 4 is 122 Å². The third-order valence-electron chi connectivity index (χ3n) is 21.6. The molecular formula is C78H76BN3OS. The molecule has 6 heteroatoms. The molecular weight excluding hydrogens is 1040 g/mol. The molecule has 3 aliphatic heterocycles. The lowest BCUT2D eigenvalue weighted by Gasteiger charge is -2.51. The maximum absolute atomic E-state index is 7.03. The molecule has 4 nitrogen and oxygen atoms in total. The van der Waals surface area contributed by atoms with E-state index >= 15 is 0 Å². The van der Waals surface area contributed by atoms with Crippen molar-refractivity contribution in [1.29, 1.82) is 0 Å². The summed E-state index contributed by atoms with van der Waals surface area (Å²) in [6.45, 7) is 29.3. The van der Waals surface area contributed by atoms with Gasteiger partial charge in [0.15, 0.2) is 0 Å². The van der Waals surface area contributed by atoms with Crippen molar-refractivity contribution in [2.24, 2.45) is 0 Å². The Morgan fingerprint density at radius 3 is 1.80 bits per heavy atom. The Hall–Kier alpha value is -7.54. The van der Waals surface area contributed by atoms with Crippen molar-refractivity contribution < 1.29 is 4.42 Å². The van der Waals surface area contributed by atoms with E-state index in [1.54, 1.807) is 0 Å². The van der Waals surface area contributed by atoms with Crippen LogP contribution in [0.2, 0.25) is 0 Å². The van der Waals surface area contributed by atoms with Gasteiger partial charge in [-0.15, -0.1) is 11.3 Å². The van der Waals surface area contributed by atoms with Crippen LogP contribution in [-0.4, -0.2) is 12.3 Å². The van der Waals surface area contributed by atoms with E-state index in [4.69, 9.17) is 4.42 Å². The first-order valence-electron chi connectivity index (χ1n) is 31.1. The highest BCUT2D eigenvalue weighted by atomic mass is 32.1. The van der Waals surface area contributed by atoms with E-state index in [0.717, 1.165) is 47.6 Å². The molecule has 2 aromatic heterocycles. The number of nitrogens with zero attached hydrogens (tertiary/aromatic N) is 3. The summed E-state index contributed by atoms with van der Waals surface area (Å²) in [4.78, 5) is 8.32. The Labute approximate surface area is 501 Å². The largest absolute Gasteiger partial charge is 0.456 e. The lowest BCUT2D eigenvalue weighted by atomic mass is 9.33. The van der Waals surface area contributed by atoms with E-state index in [0.29, 0.717) is 0 Å². The summed E-state index contributed by atoms with van der Waals surface area (Å²) < 4.78 is 9.65. The molecule has 0 amide bonds. The Bertz CT molecular complexity index is 4600. The summed E-state index contributed by atoms with van der Waals surface area (Å²) in [6, 6.07) is 66.6. The molecule has 11 aromatic rings. The fraction of sp³-hybridized carbons (Fsp3) is 0.308. The number of para-hydroxylation sites is 1. The van der Waals surface area contributed by atoms with Gasteiger partial charge in [0.2, 0.25) is 0 Å². The van der Waals surface area contributed by atoms with Gasteiger partial charge in [0.25, 0.3) is 6.71 Å². The van der Waals surface area contributed by atoms with Crippen molar-refractivity contribution in [2.75, 3.05) is 14.7 Å². The zero-order valence-electron chi connectivity index (χ0n) is 51.1. The van der Waals surface area contributed by atoms with Crippen LogP contribution >= 0.6 is 11.3 Å². The lowest BCUT2D eigenvalue weighted by molar-refractivity contribution is 0.195. The van der Waals surface area contributed by atoms with Crippen LogP contribution in [0.15, 0.2) is 174 Å². The summed E-state index contributed by atoms with van der Waals surface area (Å²) >= 11 is 1.94. The normalized spacial score (nSPS) is 20.3. The summed E-state index contributed by atoms with van der Waals surface area (Å²) in [5.74, 6) is 0. The lowest BCUT2D eigenvalue weighted by Crippen LogP contribution is -2.62. The van der Waals surface area contributed by atoms with Gasteiger partial charge in [-0.3, -0.25) is 0 Å². The standard InChI is InChI=1S/C78H76BN3OS/c1-73(2,3)48-31-33-61(54(39-48)47-23-14-13-15-24-47)80-64-43-55-51-25-16-18-29-68(51)83-69(55)46-60(64)79-59-44-56-57(76(9,10)38-37-75(56,7)8)45-65(59)81(63-28-22-27-53-52-26-17-19-30-70(52)84-72(53)63)67-42-50(41-66(80)71(67)79)82-62-34-32-49(74(4,5)6)40-58(62)77(11)35-20-21-36-78(77,82)12/h13-19,22-34,39-46H,20-21,35-38H2,1-12H3. The fourth-order valence-corrected chi connectivity index (χ4v) is 17.7. The molecule has 0 bridgehead atoms. The number of rotatable bonds is 4. The van der Waals surface area contributed by atoms with Gasteiger partial charge >= 0.3 is 0 Å². The zero-order valence-corrected chi connectivity index (χ0v) is 52.0.